The number of carbonyl (C=O) groups excluding carboxylic acids is 1. The van der Waals surface area contributed by atoms with Gasteiger partial charge < -0.3 is 9.52 Å². The molecule has 142 valence electrons. The fourth-order valence-electron chi connectivity index (χ4n) is 2.28. The Bertz CT molecular complexity index is 950. The van der Waals surface area contributed by atoms with Gasteiger partial charge in [0, 0.05) is 23.5 Å². The first kappa shape index (κ1) is 19.1. The van der Waals surface area contributed by atoms with Gasteiger partial charge in [-0.2, -0.15) is 17.5 Å². The van der Waals surface area contributed by atoms with Gasteiger partial charge in [0.1, 0.15) is 17.8 Å². The van der Waals surface area contributed by atoms with Crippen LogP contribution in [0.2, 0.25) is 0 Å². The van der Waals surface area contributed by atoms with Crippen LogP contribution in [0.1, 0.15) is 28.7 Å². The number of rotatable bonds is 5. The van der Waals surface area contributed by atoms with Crippen LogP contribution in [0.5, 0.6) is 0 Å². The molecule has 2 N–H and O–H groups in total. The van der Waals surface area contributed by atoms with Crippen LogP contribution in [0.15, 0.2) is 41.0 Å². The quantitative estimate of drug-likeness (QED) is 0.680. The summed E-state index contributed by atoms with van der Waals surface area (Å²) in [5, 5.41) is 12.1. The Labute approximate surface area is 155 Å². The number of alkyl halides is 3. The molecule has 0 spiro atoms. The van der Waals surface area contributed by atoms with E-state index >= 15 is 0 Å². The molecule has 10 heteroatoms. The van der Waals surface area contributed by atoms with Crippen molar-refractivity contribution in [3.63, 3.8) is 0 Å². The molecule has 3 rings (SSSR count). The lowest BCUT2D eigenvalue weighted by Crippen LogP contribution is -2.11. The molecule has 2 heterocycles. The van der Waals surface area contributed by atoms with Crippen LogP contribution in [0, 0.1) is 0 Å². The number of carbonyl (C=O) groups is 1. The minimum Gasteiger partial charge on any atom is -0.464 e. The highest BCUT2D eigenvalue weighted by molar-refractivity contribution is 7.09. The van der Waals surface area contributed by atoms with Crippen LogP contribution in [-0.4, -0.2) is 26.5 Å². The van der Waals surface area contributed by atoms with Gasteiger partial charge in [-0.15, -0.1) is 0 Å². The second-order valence-corrected chi connectivity index (χ2v) is 6.55. The first-order valence-corrected chi connectivity index (χ1v) is 8.58. The highest BCUT2D eigenvalue weighted by Crippen LogP contribution is 2.32. The predicted octanol–water partition coefficient (Wildman–Crippen LogP) is 3.99. The summed E-state index contributed by atoms with van der Waals surface area (Å²) in [6.45, 7) is 1.60. The minimum atomic E-state index is -4.47. The molecule has 2 aromatic heterocycles. The number of benzene rings is 1. The molecule has 1 amide bonds. The summed E-state index contributed by atoms with van der Waals surface area (Å²) >= 11 is 0.963. The number of furan rings is 1. The highest BCUT2D eigenvalue weighted by atomic mass is 32.1. The third kappa shape index (κ3) is 4.72. The zero-order valence-corrected chi connectivity index (χ0v) is 14.8. The van der Waals surface area contributed by atoms with Crippen LogP contribution >= 0.6 is 11.5 Å². The van der Waals surface area contributed by atoms with E-state index in [0.29, 0.717) is 5.82 Å². The van der Waals surface area contributed by atoms with Crippen molar-refractivity contribution in [3.05, 3.63) is 53.5 Å². The van der Waals surface area contributed by atoms with Crippen LogP contribution in [0.4, 0.5) is 18.3 Å². The number of aromatic nitrogens is 2. The number of hydrogen-bond donors (Lipinski definition) is 2. The number of nitrogens with one attached hydrogen (secondary N) is 1. The molecule has 1 atom stereocenters. The monoisotopic (exact) mass is 397 g/mol. The van der Waals surface area contributed by atoms with Gasteiger partial charge in [0.2, 0.25) is 5.13 Å². The normalized spacial score (nSPS) is 12.8. The van der Waals surface area contributed by atoms with Crippen LogP contribution < -0.4 is 5.32 Å². The first-order valence-electron chi connectivity index (χ1n) is 7.80. The highest BCUT2D eigenvalue weighted by Gasteiger charge is 2.30. The topological polar surface area (TPSA) is 88.3 Å². The van der Waals surface area contributed by atoms with Crippen molar-refractivity contribution in [1.29, 1.82) is 0 Å². The van der Waals surface area contributed by atoms with Crippen molar-refractivity contribution in [3.8, 4) is 11.3 Å². The Morgan fingerprint density at radius 1 is 1.37 bits per heavy atom. The lowest BCUT2D eigenvalue weighted by molar-refractivity contribution is -0.137. The molecule has 1 unspecified atom stereocenters. The third-order valence-corrected chi connectivity index (χ3v) is 4.17. The number of aliphatic hydroxyl groups excluding tert-OH is 1. The number of halogens is 3. The minimum absolute atomic E-state index is 0.134. The molecule has 0 aliphatic rings. The number of hydrogen-bond acceptors (Lipinski definition) is 6. The Kier molecular flexibility index (Phi) is 5.29. The number of nitrogens with zero attached hydrogens (tertiary/aromatic N) is 2. The van der Waals surface area contributed by atoms with E-state index in [4.69, 9.17) is 4.42 Å². The summed E-state index contributed by atoms with van der Waals surface area (Å²) in [7, 11) is 0. The predicted molar refractivity (Wildman–Crippen MR) is 92.4 cm³/mol. The first-order chi connectivity index (χ1) is 12.7. The van der Waals surface area contributed by atoms with E-state index in [2.05, 4.69) is 14.7 Å². The molecular weight excluding hydrogens is 383 g/mol. The van der Waals surface area contributed by atoms with Crippen LogP contribution in [-0.2, 0) is 12.6 Å². The van der Waals surface area contributed by atoms with Gasteiger partial charge in [0.05, 0.1) is 17.2 Å². The molecule has 6 nitrogen and oxygen atoms in total. The van der Waals surface area contributed by atoms with E-state index in [1.165, 1.54) is 18.2 Å². The molecule has 0 aliphatic carbocycles. The van der Waals surface area contributed by atoms with Crippen molar-refractivity contribution < 1.29 is 27.5 Å². The van der Waals surface area contributed by atoms with Gasteiger partial charge in [0.25, 0.3) is 5.91 Å². The van der Waals surface area contributed by atoms with Crippen molar-refractivity contribution in [2.75, 3.05) is 5.32 Å². The van der Waals surface area contributed by atoms with Gasteiger partial charge in [-0.05, 0) is 25.1 Å². The molecule has 0 radical (unpaired) electrons. The molecule has 3 aromatic rings. The van der Waals surface area contributed by atoms with Gasteiger partial charge in [-0.25, -0.2) is 4.98 Å². The van der Waals surface area contributed by atoms with Gasteiger partial charge in [-0.3, -0.25) is 10.1 Å². The van der Waals surface area contributed by atoms with E-state index in [0.717, 1.165) is 29.9 Å². The zero-order chi connectivity index (χ0) is 19.6. The maximum atomic E-state index is 12.8. The lowest BCUT2D eigenvalue weighted by atomic mass is 10.1. The van der Waals surface area contributed by atoms with E-state index in [1.807, 2.05) is 0 Å². The summed E-state index contributed by atoms with van der Waals surface area (Å²) in [6.07, 6.45) is -3.66. The van der Waals surface area contributed by atoms with Crippen molar-refractivity contribution >= 4 is 22.6 Å². The maximum Gasteiger partial charge on any atom is 0.416 e. The largest absolute Gasteiger partial charge is 0.464 e. The number of amides is 1. The van der Waals surface area contributed by atoms with E-state index in [1.54, 1.807) is 6.92 Å². The molecule has 0 bridgehead atoms. The summed E-state index contributed by atoms with van der Waals surface area (Å²) in [6, 6.07) is 5.99. The SMILES string of the molecule is CC(O)Cc1nsc(NC(=O)c2coc(-c3cccc(C(F)(F)F)c3)c2)n1. The Morgan fingerprint density at radius 3 is 2.85 bits per heavy atom. The molecule has 0 saturated heterocycles. The average Bonchev–Trinajstić information content (AvgIpc) is 3.23. The summed E-state index contributed by atoms with van der Waals surface area (Å²) in [5.74, 6) is 0.0113. The summed E-state index contributed by atoms with van der Waals surface area (Å²) < 4.78 is 47.7. The van der Waals surface area contributed by atoms with Gasteiger partial charge in [-0.1, -0.05) is 12.1 Å². The second kappa shape index (κ2) is 7.49. The third-order valence-electron chi connectivity index (χ3n) is 3.50. The summed E-state index contributed by atoms with van der Waals surface area (Å²) in [4.78, 5) is 16.3. The van der Waals surface area contributed by atoms with Gasteiger partial charge in [0.15, 0.2) is 0 Å². The molecular formula is C17H14F3N3O3S. The smallest absolute Gasteiger partial charge is 0.416 e. The lowest BCUT2D eigenvalue weighted by Gasteiger charge is -2.07. The Morgan fingerprint density at radius 2 is 2.15 bits per heavy atom. The van der Waals surface area contributed by atoms with Crippen LogP contribution in [0.3, 0.4) is 0 Å². The van der Waals surface area contributed by atoms with Crippen molar-refractivity contribution in [1.82, 2.24) is 9.36 Å². The second-order valence-electron chi connectivity index (χ2n) is 5.80. The molecule has 27 heavy (non-hydrogen) atoms. The standard InChI is InChI=1S/C17H14F3N3O3S/c1-9(24)5-14-21-16(27-23-14)22-15(25)11-7-13(26-8-11)10-3-2-4-12(6-10)17(18,19)20/h2-4,6-9,24H,5H2,1H3,(H,21,22,23,25). The average molecular weight is 397 g/mol. The Balaban J connectivity index is 1.74. The van der Waals surface area contributed by atoms with E-state index < -0.39 is 23.8 Å². The number of aliphatic hydroxyl groups is 1. The number of anilines is 1. The molecule has 1 aromatic carbocycles. The molecule has 0 fully saturated rings. The van der Waals surface area contributed by atoms with Gasteiger partial charge >= 0.3 is 6.18 Å². The summed E-state index contributed by atoms with van der Waals surface area (Å²) in [5.41, 5.74) is -0.462. The fraction of sp³-hybridized carbons (Fsp3) is 0.235. The molecule has 0 aliphatic heterocycles. The Hall–Kier alpha value is -2.72. The van der Waals surface area contributed by atoms with E-state index in [9.17, 15) is 23.1 Å². The van der Waals surface area contributed by atoms with E-state index in [-0.39, 0.29) is 28.4 Å². The maximum absolute atomic E-state index is 12.8. The van der Waals surface area contributed by atoms with Crippen LogP contribution in [0.25, 0.3) is 11.3 Å². The van der Waals surface area contributed by atoms with Crippen molar-refractivity contribution in [2.24, 2.45) is 0 Å². The zero-order valence-electron chi connectivity index (χ0n) is 13.9. The van der Waals surface area contributed by atoms with Crippen molar-refractivity contribution in [2.45, 2.75) is 25.6 Å². The molecule has 0 saturated carbocycles. The fourth-order valence-corrected chi connectivity index (χ4v) is 2.87.